The van der Waals surface area contributed by atoms with Crippen molar-refractivity contribution in [2.45, 2.75) is 6.92 Å². The Balaban J connectivity index is 2.30. The number of fused-ring (bicyclic) bond motifs is 1. The first-order chi connectivity index (χ1) is 8.16. The predicted molar refractivity (Wildman–Crippen MR) is 66.3 cm³/mol. The molecule has 0 radical (unpaired) electrons. The van der Waals surface area contributed by atoms with Gasteiger partial charge in [0.25, 0.3) is 0 Å². The van der Waals surface area contributed by atoms with Crippen molar-refractivity contribution in [1.29, 1.82) is 0 Å². The van der Waals surface area contributed by atoms with Crippen molar-refractivity contribution >= 4 is 34.3 Å². The average Bonchev–Trinajstić information content (AvgIpc) is 2.93. The summed E-state index contributed by atoms with van der Waals surface area (Å²) >= 11 is 12.2. The molecule has 3 aromatic rings. The lowest BCUT2D eigenvalue weighted by molar-refractivity contribution is 0.616. The zero-order chi connectivity index (χ0) is 12.0. The second-order valence-corrected chi connectivity index (χ2v) is 4.42. The summed E-state index contributed by atoms with van der Waals surface area (Å²) in [5, 5.41) is 7.69. The zero-order valence-electron chi connectivity index (χ0n) is 8.79. The van der Waals surface area contributed by atoms with Gasteiger partial charge in [0.15, 0.2) is 5.58 Å². The third-order valence-electron chi connectivity index (χ3n) is 2.53. The van der Waals surface area contributed by atoms with Crippen LogP contribution in [0.2, 0.25) is 10.0 Å². The minimum absolute atomic E-state index is 0.445. The van der Waals surface area contributed by atoms with E-state index in [0.717, 1.165) is 5.56 Å². The molecule has 6 heteroatoms. The van der Waals surface area contributed by atoms with Crippen LogP contribution in [0.3, 0.4) is 0 Å². The molecular formula is C11H7Cl2N3O. The summed E-state index contributed by atoms with van der Waals surface area (Å²) in [6.45, 7) is 1.84. The van der Waals surface area contributed by atoms with Crippen LogP contribution in [0.5, 0.6) is 0 Å². The van der Waals surface area contributed by atoms with E-state index in [-0.39, 0.29) is 0 Å². The summed E-state index contributed by atoms with van der Waals surface area (Å²) < 4.78 is 5.61. The second kappa shape index (κ2) is 3.75. The van der Waals surface area contributed by atoms with E-state index >= 15 is 0 Å². The highest BCUT2D eigenvalue weighted by Crippen LogP contribution is 2.34. The Hall–Kier alpha value is -1.52. The Kier molecular flexibility index (Phi) is 2.34. The lowest BCUT2D eigenvalue weighted by Crippen LogP contribution is -1.79. The molecule has 0 amide bonds. The number of nitrogens with one attached hydrogen (secondary N) is 1. The normalized spacial score (nSPS) is 11.2. The van der Waals surface area contributed by atoms with Gasteiger partial charge in [0, 0.05) is 11.2 Å². The molecule has 0 aliphatic heterocycles. The summed E-state index contributed by atoms with van der Waals surface area (Å²) in [7, 11) is 0. The fourth-order valence-corrected chi connectivity index (χ4v) is 2.06. The Morgan fingerprint density at radius 1 is 1.35 bits per heavy atom. The van der Waals surface area contributed by atoms with Gasteiger partial charge in [-0.2, -0.15) is 5.10 Å². The Labute approximate surface area is 107 Å². The fraction of sp³-hybridized carbons (Fsp3) is 0.0909. The largest absolute Gasteiger partial charge is 0.433 e. The van der Waals surface area contributed by atoms with Gasteiger partial charge in [-0.05, 0) is 24.6 Å². The van der Waals surface area contributed by atoms with Crippen molar-refractivity contribution in [3.63, 3.8) is 0 Å². The highest BCUT2D eigenvalue weighted by atomic mass is 35.5. The molecule has 3 rings (SSSR count). The fourth-order valence-electron chi connectivity index (χ4n) is 1.58. The molecule has 0 fully saturated rings. The van der Waals surface area contributed by atoms with Crippen molar-refractivity contribution in [3.8, 4) is 11.6 Å². The summed E-state index contributed by atoms with van der Waals surface area (Å²) in [4.78, 5) is 4.31. The van der Waals surface area contributed by atoms with Gasteiger partial charge in [-0.1, -0.05) is 23.2 Å². The summed E-state index contributed by atoms with van der Waals surface area (Å²) in [5.74, 6) is 0.445. The lowest BCUT2D eigenvalue weighted by Gasteiger charge is -1.99. The topological polar surface area (TPSA) is 54.7 Å². The van der Waals surface area contributed by atoms with Gasteiger partial charge in [0.1, 0.15) is 11.2 Å². The number of H-pyrrole nitrogens is 1. The van der Waals surface area contributed by atoms with E-state index in [9.17, 15) is 0 Å². The molecule has 86 valence electrons. The van der Waals surface area contributed by atoms with Crippen LogP contribution in [0.4, 0.5) is 0 Å². The van der Waals surface area contributed by atoms with Crippen LogP contribution in [-0.4, -0.2) is 15.2 Å². The van der Waals surface area contributed by atoms with E-state index < -0.39 is 0 Å². The van der Waals surface area contributed by atoms with Crippen molar-refractivity contribution in [1.82, 2.24) is 15.2 Å². The van der Waals surface area contributed by atoms with Gasteiger partial charge in [0.05, 0.1) is 5.02 Å². The molecule has 0 bridgehead atoms. The van der Waals surface area contributed by atoms with Gasteiger partial charge >= 0.3 is 0 Å². The number of nitrogens with zero attached hydrogens (tertiary/aromatic N) is 2. The second-order valence-electron chi connectivity index (χ2n) is 3.63. The maximum absolute atomic E-state index is 6.16. The minimum atomic E-state index is 0.445. The molecular weight excluding hydrogens is 261 g/mol. The molecule has 0 aliphatic carbocycles. The molecule has 2 aromatic heterocycles. The summed E-state index contributed by atoms with van der Waals surface area (Å²) in [6, 6.07) is 3.51. The van der Waals surface area contributed by atoms with Crippen LogP contribution in [-0.2, 0) is 0 Å². The molecule has 0 unspecified atom stereocenters. The maximum Gasteiger partial charge on any atom is 0.245 e. The minimum Gasteiger partial charge on any atom is -0.433 e. The number of benzene rings is 1. The molecule has 0 atom stereocenters. The van der Waals surface area contributed by atoms with Crippen LogP contribution in [0.1, 0.15) is 5.56 Å². The van der Waals surface area contributed by atoms with Gasteiger partial charge < -0.3 is 4.42 Å². The Morgan fingerprint density at radius 2 is 2.18 bits per heavy atom. The van der Waals surface area contributed by atoms with Crippen molar-refractivity contribution < 1.29 is 4.42 Å². The quantitative estimate of drug-likeness (QED) is 0.729. The van der Waals surface area contributed by atoms with E-state index in [4.69, 9.17) is 27.6 Å². The van der Waals surface area contributed by atoms with Crippen molar-refractivity contribution in [3.05, 3.63) is 33.9 Å². The standard InChI is InChI=1S/C11H7Cl2N3O/c1-5-6(12)4-8-10(9(5)13)17-11(15-8)7-2-3-14-16-7/h2-4H,1H3,(H,14,16). The van der Waals surface area contributed by atoms with E-state index in [0.29, 0.717) is 32.7 Å². The Bertz CT molecular complexity index is 688. The van der Waals surface area contributed by atoms with Gasteiger partial charge in [0.2, 0.25) is 5.89 Å². The smallest absolute Gasteiger partial charge is 0.245 e. The van der Waals surface area contributed by atoms with Gasteiger partial charge in [-0.25, -0.2) is 4.98 Å². The highest BCUT2D eigenvalue weighted by Gasteiger charge is 2.15. The molecule has 0 saturated heterocycles. The highest BCUT2D eigenvalue weighted by molar-refractivity contribution is 6.39. The third-order valence-corrected chi connectivity index (χ3v) is 3.38. The lowest BCUT2D eigenvalue weighted by atomic mass is 10.2. The molecule has 0 spiro atoms. The number of aromatic amines is 1. The van der Waals surface area contributed by atoms with Gasteiger partial charge in [-0.3, -0.25) is 5.10 Å². The zero-order valence-corrected chi connectivity index (χ0v) is 10.3. The van der Waals surface area contributed by atoms with Crippen LogP contribution in [0, 0.1) is 6.92 Å². The van der Waals surface area contributed by atoms with E-state index in [1.54, 1.807) is 18.3 Å². The van der Waals surface area contributed by atoms with Gasteiger partial charge in [-0.15, -0.1) is 0 Å². The molecule has 2 heterocycles. The molecule has 0 saturated carbocycles. The van der Waals surface area contributed by atoms with E-state index in [1.807, 2.05) is 6.92 Å². The maximum atomic E-state index is 6.16. The number of rotatable bonds is 1. The summed E-state index contributed by atoms with van der Waals surface area (Å²) in [5.41, 5.74) is 2.66. The molecule has 1 N–H and O–H groups in total. The molecule has 1 aromatic carbocycles. The number of halogens is 2. The van der Waals surface area contributed by atoms with Crippen LogP contribution in [0.25, 0.3) is 22.7 Å². The summed E-state index contributed by atoms with van der Waals surface area (Å²) in [6.07, 6.45) is 1.63. The number of hydrogen-bond acceptors (Lipinski definition) is 3. The van der Waals surface area contributed by atoms with Crippen molar-refractivity contribution in [2.75, 3.05) is 0 Å². The van der Waals surface area contributed by atoms with Crippen LogP contribution < -0.4 is 0 Å². The first-order valence-electron chi connectivity index (χ1n) is 4.91. The Morgan fingerprint density at radius 3 is 2.88 bits per heavy atom. The van der Waals surface area contributed by atoms with E-state index in [2.05, 4.69) is 15.2 Å². The molecule has 17 heavy (non-hydrogen) atoms. The first kappa shape index (κ1) is 10.6. The van der Waals surface area contributed by atoms with Crippen molar-refractivity contribution in [2.24, 2.45) is 0 Å². The molecule has 0 aliphatic rings. The first-order valence-corrected chi connectivity index (χ1v) is 5.67. The number of hydrogen-bond donors (Lipinski definition) is 1. The monoisotopic (exact) mass is 267 g/mol. The van der Waals surface area contributed by atoms with Crippen LogP contribution in [0.15, 0.2) is 22.7 Å². The average molecular weight is 268 g/mol. The third kappa shape index (κ3) is 1.61. The predicted octanol–water partition coefficient (Wildman–Crippen LogP) is 3.83. The van der Waals surface area contributed by atoms with Crippen LogP contribution >= 0.6 is 23.2 Å². The SMILES string of the molecule is Cc1c(Cl)cc2nc(-c3ccn[nH]3)oc2c1Cl. The molecule has 4 nitrogen and oxygen atoms in total. The van der Waals surface area contributed by atoms with E-state index in [1.165, 1.54) is 0 Å². The number of aromatic nitrogens is 3. The number of oxazole rings is 1.